The maximum atomic E-state index is 16.3. The molecular weight excluding hydrogens is 519 g/mol. The molecule has 0 heterocycles. The predicted molar refractivity (Wildman–Crippen MR) is 170 cm³/mol. The second-order valence-electron chi connectivity index (χ2n) is 14.0. The van der Waals surface area contributed by atoms with Crippen LogP contribution < -0.4 is 10.6 Å². The lowest BCUT2D eigenvalue weighted by Gasteiger charge is -2.52. The topological polar surface area (TPSA) is 35.5 Å². The SMILES string of the molecule is CC(C)(C)[Si](C)(C)OC(C=C1CCCCC1)(O[Si](C)(C)C(C)(C)C)P(=O)(c1ccccc1)c1ccccc1. The van der Waals surface area contributed by atoms with Crippen molar-refractivity contribution in [3.05, 3.63) is 72.3 Å². The summed E-state index contributed by atoms with van der Waals surface area (Å²) in [7, 11) is -8.47. The van der Waals surface area contributed by atoms with E-state index in [2.05, 4.69) is 73.8 Å². The van der Waals surface area contributed by atoms with Crippen LogP contribution in [0.15, 0.2) is 72.3 Å². The lowest BCUT2D eigenvalue weighted by molar-refractivity contribution is -0.0203. The van der Waals surface area contributed by atoms with Crippen LogP contribution in [0.4, 0.5) is 0 Å². The zero-order valence-corrected chi connectivity index (χ0v) is 28.5. The predicted octanol–water partition coefficient (Wildman–Crippen LogP) is 9.59. The number of allylic oxidation sites excluding steroid dienone is 1. The van der Waals surface area contributed by atoms with Crippen molar-refractivity contribution in [2.24, 2.45) is 0 Å². The zero-order chi connectivity index (χ0) is 28.5. The summed E-state index contributed by atoms with van der Waals surface area (Å²) in [6.45, 7) is 22.5. The Morgan fingerprint density at radius 3 is 1.37 bits per heavy atom. The van der Waals surface area contributed by atoms with Crippen molar-refractivity contribution < 1.29 is 13.4 Å². The molecule has 0 saturated heterocycles. The zero-order valence-electron chi connectivity index (χ0n) is 25.6. The van der Waals surface area contributed by atoms with Gasteiger partial charge in [0, 0.05) is 10.6 Å². The number of hydrogen-bond acceptors (Lipinski definition) is 3. The van der Waals surface area contributed by atoms with Crippen LogP contribution in [0.5, 0.6) is 0 Å². The third kappa shape index (κ3) is 6.39. The Morgan fingerprint density at radius 1 is 0.658 bits per heavy atom. The van der Waals surface area contributed by atoms with Crippen LogP contribution in [0, 0.1) is 0 Å². The summed E-state index contributed by atoms with van der Waals surface area (Å²) in [4.78, 5) is 0. The van der Waals surface area contributed by atoms with Crippen LogP contribution in [0.25, 0.3) is 0 Å². The quantitative estimate of drug-likeness (QED) is 0.137. The minimum absolute atomic E-state index is 0.0850. The molecule has 2 aromatic rings. The molecular formula is C32H51O3PSi2. The molecule has 0 radical (unpaired) electrons. The molecule has 0 bridgehead atoms. The molecule has 0 aliphatic heterocycles. The molecule has 0 aromatic heterocycles. The van der Waals surface area contributed by atoms with Gasteiger partial charge in [-0.25, -0.2) is 0 Å². The first-order chi connectivity index (χ1) is 17.5. The highest BCUT2D eigenvalue weighted by Crippen LogP contribution is 2.63. The summed E-state index contributed by atoms with van der Waals surface area (Å²) in [6, 6.07) is 20.0. The van der Waals surface area contributed by atoms with E-state index in [9.17, 15) is 0 Å². The van der Waals surface area contributed by atoms with E-state index in [0.29, 0.717) is 0 Å². The van der Waals surface area contributed by atoms with E-state index in [1.54, 1.807) is 0 Å². The van der Waals surface area contributed by atoms with E-state index >= 15 is 4.57 Å². The fourth-order valence-corrected chi connectivity index (χ4v) is 11.9. The van der Waals surface area contributed by atoms with Crippen LogP contribution in [-0.4, -0.2) is 22.2 Å². The smallest absolute Gasteiger partial charge is 0.232 e. The summed E-state index contributed by atoms with van der Waals surface area (Å²) < 4.78 is 31.3. The van der Waals surface area contributed by atoms with Gasteiger partial charge in [0.25, 0.3) is 0 Å². The van der Waals surface area contributed by atoms with E-state index in [4.69, 9.17) is 8.85 Å². The summed E-state index contributed by atoms with van der Waals surface area (Å²) >= 11 is 0. The van der Waals surface area contributed by atoms with Gasteiger partial charge in [-0.2, -0.15) is 0 Å². The van der Waals surface area contributed by atoms with Crippen molar-refractivity contribution in [2.75, 3.05) is 0 Å². The first-order valence-electron chi connectivity index (χ1n) is 14.3. The maximum absolute atomic E-state index is 16.3. The van der Waals surface area contributed by atoms with E-state index < -0.39 is 29.3 Å². The van der Waals surface area contributed by atoms with Gasteiger partial charge in [-0.3, -0.25) is 0 Å². The third-order valence-corrected chi connectivity index (χ3v) is 21.4. The summed E-state index contributed by atoms with van der Waals surface area (Å²) in [5.74, 6) is 0. The molecule has 210 valence electrons. The van der Waals surface area contributed by atoms with Crippen molar-refractivity contribution in [1.29, 1.82) is 0 Å². The molecule has 0 unspecified atom stereocenters. The van der Waals surface area contributed by atoms with Crippen molar-refractivity contribution in [1.82, 2.24) is 0 Å². The van der Waals surface area contributed by atoms with Crippen molar-refractivity contribution in [2.45, 2.75) is 115 Å². The van der Waals surface area contributed by atoms with E-state index in [0.717, 1.165) is 36.3 Å². The summed E-state index contributed by atoms with van der Waals surface area (Å²) in [5, 5.41) is 1.41. The first-order valence-corrected chi connectivity index (χ1v) is 21.8. The Balaban J connectivity index is 2.49. The molecule has 3 rings (SSSR count). The van der Waals surface area contributed by atoms with E-state index in [1.165, 1.54) is 12.0 Å². The maximum Gasteiger partial charge on any atom is 0.232 e. The molecule has 0 N–H and O–H groups in total. The van der Waals surface area contributed by atoms with E-state index in [1.807, 2.05) is 60.7 Å². The van der Waals surface area contributed by atoms with Gasteiger partial charge < -0.3 is 13.4 Å². The molecule has 0 atom stereocenters. The Labute approximate surface area is 235 Å². The Kier molecular flexibility index (Phi) is 9.33. The molecule has 6 heteroatoms. The van der Waals surface area contributed by atoms with Gasteiger partial charge in [0.1, 0.15) is 0 Å². The molecule has 0 spiro atoms. The van der Waals surface area contributed by atoms with Crippen LogP contribution >= 0.6 is 7.14 Å². The van der Waals surface area contributed by atoms with Gasteiger partial charge in [0.15, 0.2) is 16.6 Å². The molecule has 0 amide bonds. The van der Waals surface area contributed by atoms with Crippen LogP contribution in [-0.2, 0) is 13.4 Å². The molecule has 3 nitrogen and oxygen atoms in total. The largest absolute Gasteiger partial charge is 0.382 e. The van der Waals surface area contributed by atoms with Crippen LogP contribution in [0.1, 0.15) is 73.6 Å². The molecule has 2 aromatic carbocycles. The second-order valence-corrected chi connectivity index (χ2v) is 26.3. The average molecular weight is 571 g/mol. The highest BCUT2D eigenvalue weighted by Gasteiger charge is 2.59. The standard InChI is InChI=1S/C32H51O3PSi2/c1-30(2,3)37(7,8)34-32(26-27-20-14-11-15-21-27,35-38(9,10)31(4,5)6)36(33,28-22-16-12-17-23-28)29-24-18-13-19-25-29/h12-13,16-19,22-26H,11,14-15,20-21H2,1-10H3. The fourth-order valence-electron chi connectivity index (χ4n) is 4.53. The van der Waals surface area contributed by atoms with Gasteiger partial charge >= 0.3 is 0 Å². The molecule has 1 fully saturated rings. The first kappa shape index (κ1) is 31.3. The Hall–Kier alpha value is -1.24. The monoisotopic (exact) mass is 570 g/mol. The minimum Gasteiger partial charge on any atom is -0.382 e. The van der Waals surface area contributed by atoms with Crippen LogP contribution in [0.3, 0.4) is 0 Å². The number of rotatable bonds is 8. The average Bonchev–Trinajstić information content (AvgIpc) is 2.83. The van der Waals surface area contributed by atoms with Gasteiger partial charge in [0.05, 0.1) is 0 Å². The number of benzene rings is 2. The molecule has 38 heavy (non-hydrogen) atoms. The van der Waals surface area contributed by atoms with Crippen LogP contribution in [0.2, 0.25) is 36.3 Å². The molecule has 1 aliphatic rings. The molecule has 1 saturated carbocycles. The highest BCUT2D eigenvalue weighted by atomic mass is 31.2. The number of hydrogen-bond donors (Lipinski definition) is 0. The Bertz CT molecular complexity index is 1060. The molecule has 1 aliphatic carbocycles. The third-order valence-electron chi connectivity index (χ3n) is 8.98. The lowest BCUT2D eigenvalue weighted by Crippen LogP contribution is -2.58. The van der Waals surface area contributed by atoms with Gasteiger partial charge in [0.2, 0.25) is 12.7 Å². The second kappa shape index (κ2) is 11.3. The highest BCUT2D eigenvalue weighted by molar-refractivity contribution is 7.80. The van der Waals surface area contributed by atoms with Gasteiger partial charge in [-0.1, -0.05) is 114 Å². The van der Waals surface area contributed by atoms with Gasteiger partial charge in [-0.15, -0.1) is 0 Å². The fraction of sp³-hybridized carbons (Fsp3) is 0.562. The van der Waals surface area contributed by atoms with Crippen molar-refractivity contribution in [3.63, 3.8) is 0 Å². The summed E-state index contributed by atoms with van der Waals surface area (Å²) in [6.07, 6.45) is 7.78. The van der Waals surface area contributed by atoms with Crippen molar-refractivity contribution >= 4 is 34.4 Å². The Morgan fingerprint density at radius 2 is 1.03 bits per heavy atom. The van der Waals surface area contributed by atoms with Gasteiger partial charge in [-0.05, 0) is 68.0 Å². The lowest BCUT2D eigenvalue weighted by atomic mass is 9.95. The minimum atomic E-state index is -3.52. The van der Waals surface area contributed by atoms with Crippen molar-refractivity contribution in [3.8, 4) is 0 Å². The van der Waals surface area contributed by atoms with E-state index in [-0.39, 0.29) is 10.1 Å². The normalized spacial score (nSPS) is 16.4. The summed E-state index contributed by atoms with van der Waals surface area (Å²) in [5.41, 5.74) is -0.0604.